The molecule has 166 valence electrons. The number of urea groups is 1. The van der Waals surface area contributed by atoms with Gasteiger partial charge in [0.15, 0.2) is 5.65 Å². The van der Waals surface area contributed by atoms with Crippen LogP contribution >= 0.6 is 0 Å². The fourth-order valence-electron chi connectivity index (χ4n) is 5.51. The normalized spacial score (nSPS) is 26.6. The molecule has 1 aliphatic carbocycles. The lowest BCUT2D eigenvalue weighted by Crippen LogP contribution is -2.34. The van der Waals surface area contributed by atoms with Gasteiger partial charge in [-0.15, -0.1) is 0 Å². The van der Waals surface area contributed by atoms with Gasteiger partial charge in [-0.25, -0.2) is 23.1 Å². The van der Waals surface area contributed by atoms with Crippen LogP contribution < -0.4 is 10.2 Å². The third-order valence-corrected chi connectivity index (χ3v) is 7.23. The molecule has 1 aromatic carbocycles. The van der Waals surface area contributed by atoms with Crippen LogP contribution in [0.4, 0.5) is 25.1 Å². The van der Waals surface area contributed by atoms with E-state index in [1.807, 2.05) is 6.07 Å². The number of likely N-dealkylation sites (tertiary alicyclic amines) is 1. The monoisotopic (exact) mass is 438 g/mol. The Labute approximate surface area is 184 Å². The molecule has 6 rings (SSSR count). The van der Waals surface area contributed by atoms with Crippen LogP contribution in [0.5, 0.6) is 0 Å². The SMILES string of the molecule is C[C@@H]1CCN(C(=O)Nc2cnn3ccc(N4CC[C@H]5C[C@]54c4cc(F)ccc4F)nc23)C1. The summed E-state index contributed by atoms with van der Waals surface area (Å²) in [4.78, 5) is 21.3. The molecule has 2 aliphatic heterocycles. The van der Waals surface area contributed by atoms with Crippen molar-refractivity contribution in [2.45, 2.75) is 31.7 Å². The number of nitrogens with one attached hydrogen (secondary N) is 1. The van der Waals surface area contributed by atoms with E-state index in [0.29, 0.717) is 35.2 Å². The minimum Gasteiger partial charge on any atom is -0.346 e. The highest BCUT2D eigenvalue weighted by molar-refractivity contribution is 5.93. The number of rotatable bonds is 3. The van der Waals surface area contributed by atoms with Gasteiger partial charge in [-0.3, -0.25) is 0 Å². The first-order valence-electron chi connectivity index (χ1n) is 11.1. The van der Waals surface area contributed by atoms with E-state index in [-0.39, 0.29) is 17.8 Å². The van der Waals surface area contributed by atoms with Crippen LogP contribution in [-0.2, 0) is 5.54 Å². The van der Waals surface area contributed by atoms with Gasteiger partial charge in [-0.05, 0) is 55.4 Å². The molecule has 1 N–H and O–H groups in total. The van der Waals surface area contributed by atoms with E-state index in [1.54, 1.807) is 21.8 Å². The number of nitrogens with zero attached hydrogens (tertiary/aromatic N) is 5. The minimum atomic E-state index is -0.563. The highest BCUT2D eigenvalue weighted by atomic mass is 19.1. The average Bonchev–Trinajstić information content (AvgIpc) is 3.10. The molecular formula is C23H24F2N6O. The standard InChI is InChI=1S/C23H24F2N6O/c1-14-4-7-29(13-14)22(32)27-19-12-26-31-9-6-20(28-21(19)31)30-8-5-15-11-23(15,30)17-10-16(24)2-3-18(17)25/h2-3,6,9-10,12,14-15H,4-5,7-8,11,13H2,1H3,(H,27,32)/t14-,15+,23-/m1/s1. The lowest BCUT2D eigenvalue weighted by molar-refractivity contribution is 0.221. The number of piperidine rings is 1. The van der Waals surface area contributed by atoms with Crippen molar-refractivity contribution in [3.63, 3.8) is 0 Å². The van der Waals surface area contributed by atoms with Crippen molar-refractivity contribution < 1.29 is 13.6 Å². The predicted molar refractivity (Wildman–Crippen MR) is 115 cm³/mol. The molecule has 3 aliphatic rings. The zero-order chi connectivity index (χ0) is 22.0. The second-order valence-electron chi connectivity index (χ2n) is 9.27. The van der Waals surface area contributed by atoms with E-state index in [1.165, 1.54) is 12.1 Å². The molecule has 3 aromatic rings. The predicted octanol–water partition coefficient (Wildman–Crippen LogP) is 4.01. The number of hydrogen-bond acceptors (Lipinski definition) is 4. The minimum absolute atomic E-state index is 0.154. The molecule has 0 unspecified atom stereocenters. The largest absolute Gasteiger partial charge is 0.346 e. The third kappa shape index (κ3) is 2.87. The van der Waals surface area contributed by atoms with E-state index < -0.39 is 11.4 Å². The molecule has 7 nitrogen and oxygen atoms in total. The molecule has 1 saturated carbocycles. The first-order valence-corrected chi connectivity index (χ1v) is 11.1. The number of benzene rings is 1. The van der Waals surface area contributed by atoms with Gasteiger partial charge in [0.2, 0.25) is 0 Å². The van der Waals surface area contributed by atoms with Crippen LogP contribution in [0.2, 0.25) is 0 Å². The van der Waals surface area contributed by atoms with Crippen LogP contribution in [0.25, 0.3) is 5.65 Å². The van der Waals surface area contributed by atoms with Crippen LogP contribution in [0.15, 0.2) is 36.7 Å². The molecule has 2 saturated heterocycles. The Morgan fingerprint density at radius 3 is 2.88 bits per heavy atom. The number of aromatic nitrogens is 3. The summed E-state index contributed by atoms with van der Waals surface area (Å²) in [6, 6.07) is 5.35. The highest BCUT2D eigenvalue weighted by Gasteiger charge is 2.64. The molecule has 0 spiro atoms. The number of hydrogen-bond donors (Lipinski definition) is 1. The fraction of sp³-hybridized carbons (Fsp3) is 0.435. The summed E-state index contributed by atoms with van der Waals surface area (Å²) in [5, 5.41) is 7.24. The molecule has 0 radical (unpaired) electrons. The van der Waals surface area contributed by atoms with Gasteiger partial charge < -0.3 is 15.1 Å². The van der Waals surface area contributed by atoms with E-state index in [9.17, 15) is 13.6 Å². The lowest BCUT2D eigenvalue weighted by atomic mass is 10.0. The fourth-order valence-corrected chi connectivity index (χ4v) is 5.51. The van der Waals surface area contributed by atoms with Crippen molar-refractivity contribution in [2.75, 3.05) is 29.9 Å². The lowest BCUT2D eigenvalue weighted by Gasteiger charge is -2.30. The quantitative estimate of drug-likeness (QED) is 0.671. The third-order valence-electron chi connectivity index (χ3n) is 7.23. The second kappa shape index (κ2) is 6.88. The highest BCUT2D eigenvalue weighted by Crippen LogP contribution is 2.63. The molecule has 32 heavy (non-hydrogen) atoms. The maximum Gasteiger partial charge on any atom is 0.321 e. The number of anilines is 2. The van der Waals surface area contributed by atoms with Crippen LogP contribution in [0.1, 0.15) is 31.7 Å². The van der Waals surface area contributed by atoms with E-state index >= 15 is 0 Å². The van der Waals surface area contributed by atoms with Crippen molar-refractivity contribution in [1.29, 1.82) is 0 Å². The summed E-state index contributed by atoms with van der Waals surface area (Å²) >= 11 is 0. The molecule has 4 heterocycles. The molecule has 2 amide bonds. The smallest absolute Gasteiger partial charge is 0.321 e. The Hall–Kier alpha value is -3.23. The Morgan fingerprint density at radius 2 is 2.09 bits per heavy atom. The van der Waals surface area contributed by atoms with Gasteiger partial charge in [0, 0.05) is 31.4 Å². The summed E-state index contributed by atoms with van der Waals surface area (Å²) in [6.07, 6.45) is 6.06. The molecule has 3 fully saturated rings. The van der Waals surface area contributed by atoms with Gasteiger partial charge in [0.25, 0.3) is 0 Å². The van der Waals surface area contributed by atoms with Crippen molar-refractivity contribution in [3.8, 4) is 0 Å². The van der Waals surface area contributed by atoms with Crippen molar-refractivity contribution in [2.24, 2.45) is 11.8 Å². The maximum atomic E-state index is 14.7. The van der Waals surface area contributed by atoms with Crippen LogP contribution in [-0.4, -0.2) is 45.2 Å². The Kier molecular flexibility index (Phi) is 4.18. The molecular weight excluding hydrogens is 414 g/mol. The molecule has 3 atom stereocenters. The zero-order valence-corrected chi connectivity index (χ0v) is 17.8. The zero-order valence-electron chi connectivity index (χ0n) is 17.8. The summed E-state index contributed by atoms with van der Waals surface area (Å²) in [5.41, 5.74) is 0.898. The molecule has 2 aromatic heterocycles. The number of carbonyl (C=O) groups excluding carboxylic acids is 1. The van der Waals surface area contributed by atoms with Gasteiger partial charge in [-0.1, -0.05) is 6.92 Å². The van der Waals surface area contributed by atoms with Gasteiger partial charge in [0.1, 0.15) is 23.1 Å². The van der Waals surface area contributed by atoms with E-state index in [4.69, 9.17) is 4.98 Å². The summed E-state index contributed by atoms with van der Waals surface area (Å²) in [5.74, 6) is 0.619. The first kappa shape index (κ1) is 19.5. The first-order chi connectivity index (χ1) is 15.5. The topological polar surface area (TPSA) is 65.8 Å². The number of fused-ring (bicyclic) bond motifs is 2. The summed E-state index contributed by atoms with van der Waals surface area (Å²) < 4.78 is 30.3. The second-order valence-corrected chi connectivity index (χ2v) is 9.27. The van der Waals surface area contributed by atoms with Crippen LogP contribution in [0.3, 0.4) is 0 Å². The maximum absolute atomic E-state index is 14.7. The number of carbonyl (C=O) groups is 1. The van der Waals surface area contributed by atoms with E-state index in [2.05, 4.69) is 22.2 Å². The molecule has 0 bridgehead atoms. The Morgan fingerprint density at radius 1 is 1.22 bits per heavy atom. The van der Waals surface area contributed by atoms with Crippen molar-refractivity contribution in [3.05, 3.63) is 53.9 Å². The van der Waals surface area contributed by atoms with Gasteiger partial charge in [0.05, 0.1) is 11.7 Å². The van der Waals surface area contributed by atoms with Crippen molar-refractivity contribution in [1.82, 2.24) is 19.5 Å². The van der Waals surface area contributed by atoms with Crippen molar-refractivity contribution >= 4 is 23.2 Å². The van der Waals surface area contributed by atoms with Crippen LogP contribution in [0, 0.1) is 23.5 Å². The molecule has 9 heteroatoms. The number of halogens is 2. The van der Waals surface area contributed by atoms with Gasteiger partial charge in [-0.2, -0.15) is 5.10 Å². The number of amides is 2. The van der Waals surface area contributed by atoms with Gasteiger partial charge >= 0.3 is 6.03 Å². The summed E-state index contributed by atoms with van der Waals surface area (Å²) in [7, 11) is 0. The summed E-state index contributed by atoms with van der Waals surface area (Å²) in [6.45, 7) is 4.32. The Balaban J connectivity index is 1.33. The average molecular weight is 438 g/mol. The van der Waals surface area contributed by atoms with E-state index in [0.717, 1.165) is 38.4 Å². The Bertz CT molecular complexity index is 1230.